The number of nitrogens with two attached hydrogens (primary N) is 1. The highest BCUT2D eigenvalue weighted by Gasteiger charge is 2.02. The second-order valence-corrected chi connectivity index (χ2v) is 1.95. The number of alkyl halides is 2. The summed E-state index contributed by atoms with van der Waals surface area (Å²) in [6.07, 6.45) is -1.85. The summed E-state index contributed by atoms with van der Waals surface area (Å²) >= 11 is 0. The van der Waals surface area contributed by atoms with Gasteiger partial charge in [-0.05, 0) is 13.3 Å². The molecule has 3 heteroatoms. The van der Waals surface area contributed by atoms with Crippen molar-refractivity contribution in [2.24, 2.45) is 5.73 Å². The molecule has 0 saturated carbocycles. The molecule has 0 aliphatic heterocycles. The van der Waals surface area contributed by atoms with Crippen LogP contribution in [0.4, 0.5) is 8.78 Å². The molecule has 0 aromatic carbocycles. The van der Waals surface area contributed by atoms with Gasteiger partial charge in [0.15, 0.2) is 0 Å². The van der Waals surface area contributed by atoms with Gasteiger partial charge in [0.1, 0.15) is 0 Å². The summed E-state index contributed by atoms with van der Waals surface area (Å²) in [7, 11) is 0. The zero-order valence-corrected chi connectivity index (χ0v) is 4.90. The summed E-state index contributed by atoms with van der Waals surface area (Å²) in [5.41, 5.74) is 5.21. The molecule has 0 unspecified atom stereocenters. The average Bonchev–Trinajstić information content (AvgIpc) is 1.61. The van der Waals surface area contributed by atoms with Crippen molar-refractivity contribution in [3.63, 3.8) is 0 Å². The highest BCUT2D eigenvalue weighted by molar-refractivity contribution is 4.52. The lowest BCUT2D eigenvalue weighted by atomic mass is 10.2. The van der Waals surface area contributed by atoms with Crippen LogP contribution in [0.15, 0.2) is 0 Å². The van der Waals surface area contributed by atoms with Crippen molar-refractivity contribution >= 4 is 0 Å². The first kappa shape index (κ1) is 7.82. The fourth-order valence-corrected chi connectivity index (χ4v) is 0.389. The molecule has 0 spiro atoms. The molecule has 0 aromatic heterocycles. The van der Waals surface area contributed by atoms with E-state index in [4.69, 9.17) is 5.73 Å². The largest absolute Gasteiger partial charge is 0.328 e. The minimum atomic E-state index is -2.19. The van der Waals surface area contributed by atoms with Crippen LogP contribution in [0.3, 0.4) is 0 Å². The monoisotopic (exact) mass is 123 g/mol. The second kappa shape index (κ2) is 3.78. The van der Waals surface area contributed by atoms with Crippen LogP contribution in [-0.4, -0.2) is 12.5 Å². The summed E-state index contributed by atoms with van der Waals surface area (Å²) < 4.78 is 22.7. The van der Waals surface area contributed by atoms with Gasteiger partial charge in [-0.15, -0.1) is 0 Å². The van der Waals surface area contributed by atoms with Crippen LogP contribution < -0.4 is 5.73 Å². The molecule has 1 nitrogen and oxygen atoms in total. The van der Waals surface area contributed by atoms with Crippen LogP contribution in [-0.2, 0) is 0 Å². The Balaban J connectivity index is 2.93. The van der Waals surface area contributed by atoms with E-state index in [1.165, 1.54) is 0 Å². The van der Waals surface area contributed by atoms with Gasteiger partial charge in [0, 0.05) is 12.5 Å². The molecule has 8 heavy (non-hydrogen) atoms. The van der Waals surface area contributed by atoms with Crippen LogP contribution in [0.2, 0.25) is 0 Å². The number of halogens is 2. The Labute approximate surface area is 47.9 Å². The Hall–Kier alpha value is -0.180. The second-order valence-electron chi connectivity index (χ2n) is 1.95. The minimum Gasteiger partial charge on any atom is -0.328 e. The summed E-state index contributed by atoms with van der Waals surface area (Å²) in [4.78, 5) is 0. The van der Waals surface area contributed by atoms with E-state index in [2.05, 4.69) is 0 Å². The van der Waals surface area contributed by atoms with Gasteiger partial charge < -0.3 is 5.73 Å². The Bertz CT molecular complexity index is 46.4. The zero-order valence-electron chi connectivity index (χ0n) is 4.90. The Morgan fingerprint density at radius 1 is 1.38 bits per heavy atom. The number of hydrogen-bond donors (Lipinski definition) is 1. The van der Waals surface area contributed by atoms with Gasteiger partial charge in [0.25, 0.3) is 0 Å². The number of rotatable bonds is 3. The van der Waals surface area contributed by atoms with E-state index in [1.807, 2.05) is 0 Å². The third kappa shape index (κ3) is 5.82. The fourth-order valence-electron chi connectivity index (χ4n) is 0.389. The Kier molecular flexibility index (Phi) is 3.69. The van der Waals surface area contributed by atoms with Gasteiger partial charge >= 0.3 is 0 Å². The van der Waals surface area contributed by atoms with E-state index in [1.54, 1.807) is 6.92 Å². The molecule has 0 amide bonds. The molecule has 0 heterocycles. The van der Waals surface area contributed by atoms with E-state index in [0.29, 0.717) is 6.42 Å². The molecule has 0 aliphatic rings. The van der Waals surface area contributed by atoms with Crippen molar-refractivity contribution in [2.75, 3.05) is 0 Å². The van der Waals surface area contributed by atoms with Gasteiger partial charge in [0.05, 0.1) is 0 Å². The zero-order chi connectivity index (χ0) is 6.57. The van der Waals surface area contributed by atoms with Gasteiger partial charge in [-0.3, -0.25) is 0 Å². The summed E-state index contributed by atoms with van der Waals surface area (Å²) in [6.45, 7) is 1.72. The predicted octanol–water partition coefficient (Wildman–Crippen LogP) is 1.38. The van der Waals surface area contributed by atoms with Crippen LogP contribution in [0, 0.1) is 0 Å². The van der Waals surface area contributed by atoms with E-state index in [0.717, 1.165) is 0 Å². The highest BCUT2D eigenvalue weighted by atomic mass is 19.3. The van der Waals surface area contributed by atoms with Crippen LogP contribution in [0.25, 0.3) is 0 Å². The van der Waals surface area contributed by atoms with Crippen molar-refractivity contribution in [2.45, 2.75) is 32.2 Å². The van der Waals surface area contributed by atoms with E-state index in [9.17, 15) is 8.78 Å². The van der Waals surface area contributed by atoms with E-state index < -0.39 is 6.43 Å². The number of hydrogen-bond acceptors (Lipinski definition) is 1. The topological polar surface area (TPSA) is 26.0 Å². The Morgan fingerprint density at radius 3 is 2.00 bits per heavy atom. The summed E-state index contributed by atoms with van der Waals surface area (Å²) in [5.74, 6) is 0. The normalized spacial score (nSPS) is 14.6. The standard InChI is InChI=1S/C5H11F2N/c1-4(8)2-3-5(6)7/h4-5H,2-3,8H2,1H3/t4-/m1/s1. The Morgan fingerprint density at radius 2 is 1.88 bits per heavy atom. The predicted molar refractivity (Wildman–Crippen MR) is 28.9 cm³/mol. The lowest BCUT2D eigenvalue weighted by Crippen LogP contribution is -2.15. The molecule has 0 aromatic rings. The van der Waals surface area contributed by atoms with Crippen LogP contribution in [0.5, 0.6) is 0 Å². The average molecular weight is 123 g/mol. The quantitative estimate of drug-likeness (QED) is 0.602. The molecular formula is C5H11F2N. The lowest BCUT2D eigenvalue weighted by Gasteiger charge is -2.01. The third-order valence-corrected chi connectivity index (χ3v) is 0.840. The smallest absolute Gasteiger partial charge is 0.238 e. The third-order valence-electron chi connectivity index (χ3n) is 0.840. The molecule has 50 valence electrons. The van der Waals surface area contributed by atoms with E-state index in [-0.39, 0.29) is 12.5 Å². The fraction of sp³-hybridized carbons (Fsp3) is 1.00. The first-order valence-corrected chi connectivity index (χ1v) is 2.66. The van der Waals surface area contributed by atoms with Crippen LogP contribution >= 0.6 is 0 Å². The molecular weight excluding hydrogens is 112 g/mol. The van der Waals surface area contributed by atoms with Crippen molar-refractivity contribution in [3.05, 3.63) is 0 Å². The van der Waals surface area contributed by atoms with Crippen molar-refractivity contribution in [1.29, 1.82) is 0 Å². The minimum absolute atomic E-state index is 0.0718. The molecule has 2 N–H and O–H groups in total. The molecule has 0 radical (unpaired) electrons. The van der Waals surface area contributed by atoms with Crippen LogP contribution in [0.1, 0.15) is 19.8 Å². The van der Waals surface area contributed by atoms with Gasteiger partial charge in [-0.25, -0.2) is 8.78 Å². The SMILES string of the molecule is C[C@@H](N)CCC(F)F. The van der Waals surface area contributed by atoms with Crippen molar-refractivity contribution < 1.29 is 8.78 Å². The summed E-state index contributed by atoms with van der Waals surface area (Å²) in [5, 5.41) is 0. The maximum absolute atomic E-state index is 11.3. The lowest BCUT2D eigenvalue weighted by molar-refractivity contribution is 0.132. The van der Waals surface area contributed by atoms with E-state index >= 15 is 0 Å². The van der Waals surface area contributed by atoms with Gasteiger partial charge in [-0.1, -0.05) is 0 Å². The van der Waals surface area contributed by atoms with Crippen molar-refractivity contribution in [1.82, 2.24) is 0 Å². The maximum atomic E-state index is 11.3. The van der Waals surface area contributed by atoms with Crippen molar-refractivity contribution in [3.8, 4) is 0 Å². The molecule has 0 saturated heterocycles. The molecule has 1 atom stereocenters. The highest BCUT2D eigenvalue weighted by Crippen LogP contribution is 2.03. The van der Waals surface area contributed by atoms with Gasteiger partial charge in [-0.2, -0.15) is 0 Å². The van der Waals surface area contributed by atoms with Gasteiger partial charge in [0.2, 0.25) is 6.43 Å². The molecule has 0 aliphatic carbocycles. The summed E-state index contributed by atoms with van der Waals surface area (Å²) in [6, 6.07) is -0.0935. The molecule has 0 rings (SSSR count). The first-order valence-electron chi connectivity index (χ1n) is 2.66. The molecule has 0 bridgehead atoms. The molecule has 0 fully saturated rings. The first-order chi connectivity index (χ1) is 3.63. The maximum Gasteiger partial charge on any atom is 0.238 e.